The van der Waals surface area contributed by atoms with Crippen LogP contribution in [0.5, 0.6) is 0 Å². The Kier molecular flexibility index (Phi) is 8.46. The molecule has 3 unspecified atom stereocenters. The summed E-state index contributed by atoms with van der Waals surface area (Å²) in [4.78, 5) is 37.6. The first-order chi connectivity index (χ1) is 14.4. The monoisotopic (exact) mass is 568 g/mol. The molecular formula is C10H14F3N2O12P3S2. The van der Waals surface area contributed by atoms with Gasteiger partial charge in [-0.15, -0.1) is 0 Å². The molecule has 0 aromatic carbocycles. The van der Waals surface area contributed by atoms with E-state index in [2.05, 4.69) is 30.3 Å². The van der Waals surface area contributed by atoms with E-state index in [0.29, 0.717) is 10.8 Å². The van der Waals surface area contributed by atoms with E-state index in [4.69, 9.17) is 31.6 Å². The molecule has 1 saturated heterocycles. The van der Waals surface area contributed by atoms with Crippen molar-refractivity contribution in [3.8, 4) is 0 Å². The topological polar surface area (TPSA) is 210 Å². The lowest BCUT2D eigenvalue weighted by Crippen LogP contribution is -2.45. The van der Waals surface area contributed by atoms with Crippen LogP contribution in [0.15, 0.2) is 6.20 Å². The van der Waals surface area contributed by atoms with Gasteiger partial charge in [-0.2, -0.15) is 8.62 Å². The fourth-order valence-electron chi connectivity index (χ4n) is 2.49. The standard InChI is InChI=1S/C10H14F3N2O12P3S2/c11-3-10(13)6(16)5(25-8(10)15-1-4(12)7(31)14-9(15)32)2-24-29(20,21)27-30(22,23)26-28(17,18)19/h1,5-6,8,16H,2-3H2,(H,20,21)(H,22,23)(H,14,31,32)(H2,17,18,19)/t5-,6?,8-,10-/m1/s1. The van der Waals surface area contributed by atoms with Crippen molar-refractivity contribution in [1.29, 1.82) is 0 Å². The van der Waals surface area contributed by atoms with Gasteiger partial charge in [0.1, 0.15) is 23.5 Å². The van der Waals surface area contributed by atoms with E-state index in [0.717, 1.165) is 0 Å². The quantitative estimate of drug-likeness (QED) is 0.185. The Hall–Kier alpha value is -0.360. The molecular weight excluding hydrogens is 554 g/mol. The molecule has 184 valence electrons. The second-order valence-electron chi connectivity index (χ2n) is 6.06. The van der Waals surface area contributed by atoms with Crippen LogP contribution in [0.2, 0.25) is 0 Å². The largest absolute Gasteiger partial charge is 0.490 e. The molecule has 32 heavy (non-hydrogen) atoms. The molecule has 6 N–H and O–H groups in total. The number of aliphatic hydroxyl groups excluding tert-OH is 1. The zero-order valence-corrected chi connectivity index (χ0v) is 19.4. The highest BCUT2D eigenvalue weighted by atomic mass is 32.1. The number of ether oxygens (including phenoxy) is 1. The average Bonchev–Trinajstić information content (AvgIpc) is 2.85. The van der Waals surface area contributed by atoms with Gasteiger partial charge in [-0.05, 0) is 12.2 Å². The van der Waals surface area contributed by atoms with Gasteiger partial charge >= 0.3 is 23.5 Å². The number of H-pyrrole nitrogens is 1. The Balaban J connectivity index is 2.22. The maximum Gasteiger partial charge on any atom is 0.490 e. The number of hydrogen-bond donors (Lipinski definition) is 6. The summed E-state index contributed by atoms with van der Waals surface area (Å²) in [5, 5.41) is 10.1. The van der Waals surface area contributed by atoms with Crippen LogP contribution >= 0.6 is 47.9 Å². The molecule has 0 spiro atoms. The van der Waals surface area contributed by atoms with Crippen molar-refractivity contribution < 1.29 is 69.4 Å². The van der Waals surface area contributed by atoms with Gasteiger partial charge in [-0.25, -0.2) is 26.9 Å². The highest BCUT2D eigenvalue weighted by molar-refractivity contribution is 7.72. The van der Waals surface area contributed by atoms with Gasteiger partial charge in [0.2, 0.25) is 5.67 Å². The van der Waals surface area contributed by atoms with E-state index in [1.807, 2.05) is 0 Å². The van der Waals surface area contributed by atoms with E-state index >= 15 is 4.39 Å². The van der Waals surface area contributed by atoms with Crippen LogP contribution in [0.4, 0.5) is 13.2 Å². The smallest absolute Gasteiger partial charge is 0.387 e. The van der Waals surface area contributed by atoms with Crippen molar-refractivity contribution in [3.05, 3.63) is 21.4 Å². The van der Waals surface area contributed by atoms with Crippen LogP contribution in [-0.2, 0) is 31.6 Å². The number of aromatic nitrogens is 2. The van der Waals surface area contributed by atoms with Crippen molar-refractivity contribution in [2.45, 2.75) is 24.1 Å². The number of nitrogens with zero attached hydrogens (tertiary/aromatic N) is 1. The third kappa shape index (κ3) is 6.61. The summed E-state index contributed by atoms with van der Waals surface area (Å²) in [5.41, 5.74) is -3.27. The first-order valence-electron chi connectivity index (χ1n) is 7.78. The van der Waals surface area contributed by atoms with Crippen LogP contribution in [0.3, 0.4) is 0 Å². The van der Waals surface area contributed by atoms with Gasteiger partial charge in [0.15, 0.2) is 16.8 Å². The fourth-order valence-corrected chi connectivity index (χ4v) is 5.98. The van der Waals surface area contributed by atoms with Gasteiger partial charge in [0, 0.05) is 6.20 Å². The molecule has 2 heterocycles. The minimum atomic E-state index is -5.83. The molecule has 0 saturated carbocycles. The lowest BCUT2D eigenvalue weighted by molar-refractivity contribution is -0.0725. The van der Waals surface area contributed by atoms with Gasteiger partial charge in [-0.1, -0.05) is 12.2 Å². The molecule has 0 amide bonds. The maximum absolute atomic E-state index is 15.1. The fraction of sp³-hybridized carbons (Fsp3) is 0.600. The van der Waals surface area contributed by atoms with Crippen molar-refractivity contribution in [3.63, 3.8) is 0 Å². The number of aliphatic hydroxyl groups is 1. The Morgan fingerprint density at radius 3 is 2.31 bits per heavy atom. The predicted octanol–water partition coefficient (Wildman–Crippen LogP) is 1.69. The maximum atomic E-state index is 15.1. The molecule has 1 aliphatic rings. The predicted molar refractivity (Wildman–Crippen MR) is 100.0 cm³/mol. The SMILES string of the molecule is O=P(O)(O)OP(=O)(O)OP(=O)(O)OC[C@H]1O[C@@H](n2cc(F)c(=S)[nH]c2=S)[C@@](F)(CF)C1O. The molecule has 1 aromatic rings. The van der Waals surface area contributed by atoms with E-state index in [-0.39, 0.29) is 0 Å². The number of nitrogens with one attached hydrogen (secondary N) is 1. The minimum Gasteiger partial charge on any atom is -0.387 e. The number of phosphoric acid groups is 3. The summed E-state index contributed by atoms with van der Waals surface area (Å²) in [5.74, 6) is -1.11. The van der Waals surface area contributed by atoms with Crippen LogP contribution in [0, 0.1) is 15.2 Å². The molecule has 2 rings (SSSR count). The van der Waals surface area contributed by atoms with Crippen LogP contribution in [0.1, 0.15) is 6.23 Å². The molecule has 0 radical (unpaired) electrons. The molecule has 0 aliphatic carbocycles. The number of phosphoric ester groups is 1. The van der Waals surface area contributed by atoms with E-state index in [1.165, 1.54) is 0 Å². The number of hydrogen-bond acceptors (Lipinski definition) is 10. The van der Waals surface area contributed by atoms with Crippen LogP contribution < -0.4 is 0 Å². The summed E-state index contributed by atoms with van der Waals surface area (Å²) < 4.78 is 91.9. The molecule has 22 heteroatoms. The average molecular weight is 568 g/mol. The first kappa shape index (κ1) is 27.9. The van der Waals surface area contributed by atoms with E-state index < -0.39 is 76.1 Å². The molecule has 1 fully saturated rings. The Morgan fingerprint density at radius 1 is 1.19 bits per heavy atom. The Morgan fingerprint density at radius 2 is 1.78 bits per heavy atom. The molecule has 1 aliphatic heterocycles. The minimum absolute atomic E-state index is 0.433. The van der Waals surface area contributed by atoms with Crippen molar-refractivity contribution in [2.24, 2.45) is 0 Å². The van der Waals surface area contributed by atoms with E-state index in [9.17, 15) is 32.5 Å². The zero-order valence-electron chi connectivity index (χ0n) is 15.1. The normalized spacial score (nSPS) is 30.1. The first-order valence-corrected chi connectivity index (χ1v) is 13.1. The van der Waals surface area contributed by atoms with Crippen molar-refractivity contribution in [1.82, 2.24) is 9.55 Å². The summed E-state index contributed by atoms with van der Waals surface area (Å²) in [6, 6.07) is 0. The van der Waals surface area contributed by atoms with Gasteiger partial charge in [-0.3, -0.25) is 9.09 Å². The van der Waals surface area contributed by atoms with Crippen LogP contribution in [0.25, 0.3) is 0 Å². The summed E-state index contributed by atoms with van der Waals surface area (Å²) in [7, 11) is -17.1. The number of alkyl halides is 2. The highest BCUT2D eigenvalue weighted by Gasteiger charge is 2.59. The number of halogens is 3. The van der Waals surface area contributed by atoms with E-state index in [1.54, 1.807) is 0 Å². The summed E-state index contributed by atoms with van der Waals surface area (Å²) in [6.07, 6.45) is -5.91. The van der Waals surface area contributed by atoms with Gasteiger partial charge in [0.25, 0.3) is 0 Å². The van der Waals surface area contributed by atoms with Gasteiger partial charge < -0.3 is 34.4 Å². The van der Waals surface area contributed by atoms with Gasteiger partial charge in [0.05, 0.1) is 6.61 Å². The lowest BCUT2D eigenvalue weighted by Gasteiger charge is -2.26. The van der Waals surface area contributed by atoms with Crippen molar-refractivity contribution >= 4 is 47.9 Å². The Labute approximate surface area is 186 Å². The number of aromatic amines is 1. The van der Waals surface area contributed by atoms with Crippen LogP contribution in [-0.4, -0.2) is 65.4 Å². The molecule has 1 aromatic heterocycles. The second-order valence-corrected chi connectivity index (χ2v) is 11.3. The molecule has 14 nitrogen and oxygen atoms in total. The lowest BCUT2D eigenvalue weighted by atomic mass is 9.97. The second kappa shape index (κ2) is 9.71. The Bertz CT molecular complexity index is 1130. The number of rotatable bonds is 9. The highest BCUT2D eigenvalue weighted by Crippen LogP contribution is 2.66. The zero-order chi connectivity index (χ0) is 24.7. The van der Waals surface area contributed by atoms with Crippen molar-refractivity contribution in [2.75, 3.05) is 13.3 Å². The third-order valence-electron chi connectivity index (χ3n) is 3.76. The molecule has 6 atom stereocenters. The summed E-state index contributed by atoms with van der Waals surface area (Å²) in [6.45, 7) is -3.19. The molecule has 0 bridgehead atoms. The third-order valence-corrected chi connectivity index (χ3v) is 8.17. The summed E-state index contributed by atoms with van der Waals surface area (Å²) >= 11 is 9.44.